The van der Waals surface area contributed by atoms with Crippen LogP contribution in [-0.4, -0.2) is 35.7 Å². The summed E-state index contributed by atoms with van der Waals surface area (Å²) in [5.41, 5.74) is 5.68. The van der Waals surface area contributed by atoms with Crippen LogP contribution in [0.15, 0.2) is 0 Å². The first-order chi connectivity index (χ1) is 8.25. The predicted molar refractivity (Wildman–Crippen MR) is 69.5 cm³/mol. The van der Waals surface area contributed by atoms with Crippen LogP contribution in [0.3, 0.4) is 0 Å². The van der Waals surface area contributed by atoms with Gasteiger partial charge in [-0.3, -0.25) is 4.90 Å². The van der Waals surface area contributed by atoms with Gasteiger partial charge in [-0.2, -0.15) is 13.2 Å². The first-order valence-electron chi connectivity index (χ1n) is 6.83. The largest absolute Gasteiger partial charge is 0.405 e. The third kappa shape index (κ3) is 5.57. The van der Waals surface area contributed by atoms with Gasteiger partial charge >= 0.3 is 6.18 Å². The average molecular weight is 268 g/mol. The molecule has 18 heavy (non-hydrogen) atoms. The van der Waals surface area contributed by atoms with E-state index in [9.17, 15) is 13.2 Å². The Balaban J connectivity index is 4.87. The molecule has 0 rings (SSSR count). The third-order valence-electron chi connectivity index (χ3n) is 3.25. The first kappa shape index (κ1) is 17.7. The van der Waals surface area contributed by atoms with Crippen LogP contribution in [0.5, 0.6) is 0 Å². The summed E-state index contributed by atoms with van der Waals surface area (Å²) >= 11 is 0. The highest BCUT2D eigenvalue weighted by Crippen LogP contribution is 2.29. The van der Waals surface area contributed by atoms with E-state index < -0.39 is 18.3 Å². The molecule has 0 aliphatic heterocycles. The van der Waals surface area contributed by atoms with Crippen molar-refractivity contribution >= 4 is 0 Å². The van der Waals surface area contributed by atoms with Gasteiger partial charge in [0.25, 0.3) is 0 Å². The fraction of sp³-hybridized carbons (Fsp3) is 1.00. The van der Waals surface area contributed by atoms with Crippen LogP contribution < -0.4 is 5.73 Å². The van der Waals surface area contributed by atoms with E-state index in [0.717, 1.165) is 19.3 Å². The van der Waals surface area contributed by atoms with Crippen LogP contribution in [0.25, 0.3) is 0 Å². The summed E-state index contributed by atoms with van der Waals surface area (Å²) in [5, 5.41) is 0. The molecule has 0 heterocycles. The lowest BCUT2D eigenvalue weighted by Gasteiger charge is -2.39. The molecular weight excluding hydrogens is 241 g/mol. The fourth-order valence-electron chi connectivity index (χ4n) is 2.16. The molecular formula is C13H27F3N2. The van der Waals surface area contributed by atoms with Crippen molar-refractivity contribution in [2.45, 2.75) is 77.7 Å². The third-order valence-corrected chi connectivity index (χ3v) is 3.25. The van der Waals surface area contributed by atoms with Crippen LogP contribution in [0.2, 0.25) is 0 Å². The molecule has 0 saturated carbocycles. The summed E-state index contributed by atoms with van der Waals surface area (Å²) in [6, 6.07) is -2.53. The number of unbranched alkanes of at least 4 members (excludes halogenated alkanes) is 2. The monoisotopic (exact) mass is 268 g/mol. The number of nitrogens with two attached hydrogens (primary N) is 1. The van der Waals surface area contributed by atoms with E-state index in [1.54, 1.807) is 20.8 Å². The van der Waals surface area contributed by atoms with E-state index in [1.165, 1.54) is 4.90 Å². The molecule has 0 bridgehead atoms. The highest BCUT2D eigenvalue weighted by molar-refractivity contribution is 4.89. The molecule has 0 aromatic heterocycles. The summed E-state index contributed by atoms with van der Waals surface area (Å²) in [5.74, 6) is 0. The number of hydrogen-bond acceptors (Lipinski definition) is 2. The van der Waals surface area contributed by atoms with Crippen molar-refractivity contribution in [2.75, 3.05) is 6.54 Å². The minimum atomic E-state index is -4.26. The standard InChI is InChI=1S/C13H27F3N2/c1-5-7-8-9-18(10(3)4)12(11(17)6-2)13(14,15)16/h10-12H,5-9,17H2,1-4H3. The van der Waals surface area contributed by atoms with Crippen LogP contribution in [0.4, 0.5) is 13.2 Å². The molecule has 0 radical (unpaired) electrons. The number of halogens is 3. The van der Waals surface area contributed by atoms with Gasteiger partial charge in [-0.1, -0.05) is 26.7 Å². The molecule has 5 heteroatoms. The van der Waals surface area contributed by atoms with Gasteiger partial charge in [0.2, 0.25) is 0 Å². The SMILES string of the molecule is CCCCCN(C(C)C)C(C(N)CC)C(F)(F)F. The van der Waals surface area contributed by atoms with Crippen molar-refractivity contribution in [3.05, 3.63) is 0 Å². The van der Waals surface area contributed by atoms with E-state index in [1.807, 2.05) is 6.92 Å². The Hall–Kier alpha value is -0.290. The van der Waals surface area contributed by atoms with E-state index in [0.29, 0.717) is 13.0 Å². The summed E-state index contributed by atoms with van der Waals surface area (Å²) in [4.78, 5) is 1.50. The number of hydrogen-bond donors (Lipinski definition) is 1. The predicted octanol–water partition coefficient (Wildman–Crippen LogP) is 3.56. The lowest BCUT2D eigenvalue weighted by atomic mass is 10.0. The quantitative estimate of drug-likeness (QED) is 0.682. The first-order valence-corrected chi connectivity index (χ1v) is 6.83. The minimum absolute atomic E-state index is 0.147. The lowest BCUT2D eigenvalue weighted by Crippen LogP contribution is -2.58. The van der Waals surface area contributed by atoms with Gasteiger partial charge in [-0.05, 0) is 33.2 Å². The van der Waals surface area contributed by atoms with Crippen LogP contribution in [0, 0.1) is 0 Å². The van der Waals surface area contributed by atoms with Crippen LogP contribution in [0.1, 0.15) is 53.4 Å². The van der Waals surface area contributed by atoms with Crippen molar-refractivity contribution < 1.29 is 13.2 Å². The Morgan fingerprint density at radius 2 is 1.67 bits per heavy atom. The maximum Gasteiger partial charge on any atom is 0.405 e. The van der Waals surface area contributed by atoms with Gasteiger partial charge in [0.05, 0.1) is 0 Å². The molecule has 0 fully saturated rings. The molecule has 0 amide bonds. The molecule has 0 aliphatic rings. The second-order valence-corrected chi connectivity index (χ2v) is 5.10. The van der Waals surface area contributed by atoms with E-state index in [2.05, 4.69) is 0 Å². The van der Waals surface area contributed by atoms with Gasteiger partial charge in [0.15, 0.2) is 0 Å². The Morgan fingerprint density at radius 1 is 1.11 bits per heavy atom. The molecule has 2 unspecified atom stereocenters. The molecule has 2 atom stereocenters. The second kappa shape index (κ2) is 8.00. The van der Waals surface area contributed by atoms with Gasteiger partial charge in [0, 0.05) is 12.1 Å². The van der Waals surface area contributed by atoms with Gasteiger partial charge in [0.1, 0.15) is 6.04 Å². The zero-order chi connectivity index (χ0) is 14.3. The van der Waals surface area contributed by atoms with Crippen molar-refractivity contribution in [3.8, 4) is 0 Å². The van der Waals surface area contributed by atoms with Gasteiger partial charge < -0.3 is 5.73 Å². The van der Waals surface area contributed by atoms with Crippen molar-refractivity contribution in [3.63, 3.8) is 0 Å². The number of alkyl halides is 3. The summed E-state index contributed by atoms with van der Waals surface area (Å²) in [6.07, 6.45) is -1.18. The van der Waals surface area contributed by atoms with Crippen molar-refractivity contribution in [1.29, 1.82) is 0 Å². The maximum absolute atomic E-state index is 13.2. The average Bonchev–Trinajstić information content (AvgIpc) is 2.25. The zero-order valence-electron chi connectivity index (χ0n) is 11.9. The molecule has 110 valence electrons. The number of rotatable bonds is 8. The van der Waals surface area contributed by atoms with Gasteiger partial charge in [-0.15, -0.1) is 0 Å². The summed E-state index contributed by atoms with van der Waals surface area (Å²) in [6.45, 7) is 7.80. The Morgan fingerprint density at radius 3 is 2.00 bits per heavy atom. The minimum Gasteiger partial charge on any atom is -0.326 e. The maximum atomic E-state index is 13.2. The Bertz CT molecular complexity index is 217. The summed E-state index contributed by atoms with van der Waals surface area (Å²) < 4.78 is 39.5. The molecule has 2 N–H and O–H groups in total. The second-order valence-electron chi connectivity index (χ2n) is 5.10. The molecule has 0 aromatic rings. The van der Waals surface area contributed by atoms with Gasteiger partial charge in [-0.25, -0.2) is 0 Å². The van der Waals surface area contributed by atoms with Crippen LogP contribution in [-0.2, 0) is 0 Å². The zero-order valence-corrected chi connectivity index (χ0v) is 11.9. The smallest absolute Gasteiger partial charge is 0.326 e. The lowest BCUT2D eigenvalue weighted by molar-refractivity contribution is -0.194. The van der Waals surface area contributed by atoms with E-state index in [4.69, 9.17) is 5.73 Å². The van der Waals surface area contributed by atoms with Crippen molar-refractivity contribution in [2.24, 2.45) is 5.73 Å². The molecule has 2 nitrogen and oxygen atoms in total. The number of nitrogens with zero attached hydrogens (tertiary/aromatic N) is 1. The van der Waals surface area contributed by atoms with E-state index in [-0.39, 0.29) is 6.04 Å². The Kier molecular flexibility index (Phi) is 7.87. The molecule has 0 aromatic carbocycles. The van der Waals surface area contributed by atoms with Crippen molar-refractivity contribution in [1.82, 2.24) is 4.90 Å². The fourth-order valence-corrected chi connectivity index (χ4v) is 2.16. The molecule has 0 aliphatic carbocycles. The topological polar surface area (TPSA) is 29.3 Å². The highest BCUT2D eigenvalue weighted by atomic mass is 19.4. The molecule has 0 spiro atoms. The van der Waals surface area contributed by atoms with E-state index >= 15 is 0 Å². The van der Waals surface area contributed by atoms with Crippen LogP contribution >= 0.6 is 0 Å². The molecule has 0 saturated heterocycles. The summed E-state index contributed by atoms with van der Waals surface area (Å²) in [7, 11) is 0. The highest BCUT2D eigenvalue weighted by Gasteiger charge is 2.47. The normalized spacial score (nSPS) is 16.3. The Labute approximate surface area is 109 Å².